The molecular formula is C19H31N5O12. The molecule has 0 aliphatic carbocycles. The number of amides is 4. The number of carbonyl (C=O) groups excluding carboxylic acids is 4. The van der Waals surface area contributed by atoms with E-state index in [-0.39, 0.29) is 0 Å². The number of hydrogen-bond donors (Lipinski definition) is 10. The first-order valence-corrected chi connectivity index (χ1v) is 10.6. The summed E-state index contributed by atoms with van der Waals surface area (Å²) in [4.78, 5) is 82.0. The molecule has 11 N–H and O–H groups in total. The Morgan fingerprint density at radius 2 is 1.08 bits per heavy atom. The fourth-order valence-corrected chi connectivity index (χ4v) is 2.57. The molecule has 0 saturated carbocycles. The molecule has 0 heterocycles. The van der Waals surface area contributed by atoms with Gasteiger partial charge in [-0.15, -0.1) is 0 Å². The van der Waals surface area contributed by atoms with E-state index in [2.05, 4.69) is 16.0 Å². The molecule has 0 unspecified atom stereocenters. The molecule has 0 spiro atoms. The first kappa shape index (κ1) is 32.2. The lowest BCUT2D eigenvalue weighted by Crippen LogP contribution is -2.59. The van der Waals surface area contributed by atoms with E-state index in [4.69, 9.17) is 21.1 Å². The Morgan fingerprint density at radius 1 is 0.639 bits per heavy atom. The van der Waals surface area contributed by atoms with Gasteiger partial charge in [-0.1, -0.05) is 0 Å². The van der Waals surface area contributed by atoms with E-state index in [0.29, 0.717) is 0 Å². The summed E-state index contributed by atoms with van der Waals surface area (Å²) in [5.74, 6) is -8.33. The molecule has 17 heteroatoms. The average molecular weight is 521 g/mol. The molecule has 0 aliphatic heterocycles. The van der Waals surface area contributed by atoms with Crippen LogP contribution in [-0.4, -0.2) is 110 Å². The molecule has 0 fully saturated rings. The molecule has 0 aromatic rings. The van der Waals surface area contributed by atoms with E-state index in [1.165, 1.54) is 6.92 Å². The zero-order chi connectivity index (χ0) is 28.0. The Morgan fingerprint density at radius 3 is 1.53 bits per heavy atom. The van der Waals surface area contributed by atoms with Crippen molar-refractivity contribution in [1.82, 2.24) is 21.3 Å². The van der Waals surface area contributed by atoms with Crippen LogP contribution in [-0.2, 0) is 33.6 Å². The topological polar surface area (TPSA) is 295 Å². The van der Waals surface area contributed by atoms with Gasteiger partial charge < -0.3 is 52.5 Å². The molecule has 0 aromatic carbocycles. The maximum atomic E-state index is 12.6. The van der Waals surface area contributed by atoms with Crippen molar-refractivity contribution in [1.29, 1.82) is 0 Å². The molecule has 0 bridgehead atoms. The number of rotatable bonds is 17. The van der Waals surface area contributed by atoms with Gasteiger partial charge in [-0.05, 0) is 19.8 Å². The number of carbonyl (C=O) groups is 7. The van der Waals surface area contributed by atoms with Gasteiger partial charge >= 0.3 is 17.9 Å². The van der Waals surface area contributed by atoms with E-state index in [0.717, 1.165) is 0 Å². The minimum Gasteiger partial charge on any atom is -0.481 e. The summed E-state index contributed by atoms with van der Waals surface area (Å²) in [5.41, 5.74) is 5.32. The second kappa shape index (κ2) is 16.0. The van der Waals surface area contributed by atoms with Gasteiger partial charge in [0.1, 0.15) is 30.2 Å². The molecule has 5 atom stereocenters. The van der Waals surface area contributed by atoms with Crippen molar-refractivity contribution in [2.24, 2.45) is 5.73 Å². The highest BCUT2D eigenvalue weighted by Crippen LogP contribution is 2.04. The number of nitrogens with one attached hydrogen (secondary N) is 4. The predicted molar refractivity (Wildman–Crippen MR) is 117 cm³/mol. The number of carboxylic acids is 3. The van der Waals surface area contributed by atoms with E-state index < -0.39 is 111 Å². The van der Waals surface area contributed by atoms with Crippen LogP contribution in [0.2, 0.25) is 0 Å². The smallest absolute Gasteiger partial charge is 0.326 e. The zero-order valence-corrected chi connectivity index (χ0v) is 19.3. The second-order valence-corrected chi connectivity index (χ2v) is 7.59. The van der Waals surface area contributed by atoms with Crippen molar-refractivity contribution in [3.05, 3.63) is 0 Å². The van der Waals surface area contributed by atoms with Crippen LogP contribution in [0.15, 0.2) is 0 Å². The Kier molecular flexibility index (Phi) is 14.3. The highest BCUT2D eigenvalue weighted by molar-refractivity contribution is 5.95. The zero-order valence-electron chi connectivity index (χ0n) is 19.3. The summed E-state index contributed by atoms with van der Waals surface area (Å²) in [6.07, 6.45) is -2.22. The maximum absolute atomic E-state index is 12.6. The molecule has 204 valence electrons. The van der Waals surface area contributed by atoms with Gasteiger partial charge in [0.05, 0.1) is 13.2 Å². The third-order valence-electron chi connectivity index (χ3n) is 4.64. The predicted octanol–water partition coefficient (Wildman–Crippen LogP) is -4.93. The van der Waals surface area contributed by atoms with E-state index >= 15 is 0 Å². The first-order chi connectivity index (χ1) is 16.7. The summed E-state index contributed by atoms with van der Waals surface area (Å²) in [7, 11) is 0. The van der Waals surface area contributed by atoms with Crippen molar-refractivity contribution < 1.29 is 59.1 Å². The highest BCUT2D eigenvalue weighted by Gasteiger charge is 2.31. The molecule has 36 heavy (non-hydrogen) atoms. The molecule has 17 nitrogen and oxygen atoms in total. The second-order valence-electron chi connectivity index (χ2n) is 7.59. The summed E-state index contributed by atoms with van der Waals surface area (Å²) >= 11 is 0. The van der Waals surface area contributed by atoms with Gasteiger partial charge in [0.15, 0.2) is 0 Å². The van der Waals surface area contributed by atoms with Gasteiger partial charge in [-0.25, -0.2) is 4.79 Å². The number of carboxylic acid groups (broad SMARTS) is 3. The molecule has 0 saturated heterocycles. The Labute approximate surface area is 204 Å². The minimum atomic E-state index is -1.66. The molecular weight excluding hydrogens is 490 g/mol. The van der Waals surface area contributed by atoms with Crippen molar-refractivity contribution in [2.45, 2.75) is 62.8 Å². The van der Waals surface area contributed by atoms with Crippen LogP contribution in [0.25, 0.3) is 0 Å². The van der Waals surface area contributed by atoms with Gasteiger partial charge in [0.25, 0.3) is 0 Å². The fraction of sp³-hybridized carbons (Fsp3) is 0.632. The van der Waals surface area contributed by atoms with Gasteiger partial charge in [0, 0.05) is 12.8 Å². The van der Waals surface area contributed by atoms with Crippen LogP contribution < -0.4 is 27.0 Å². The van der Waals surface area contributed by atoms with Gasteiger partial charge in [-0.3, -0.25) is 28.8 Å². The summed E-state index contributed by atoms with van der Waals surface area (Å²) in [6.45, 7) is -0.450. The number of aliphatic carboxylic acids is 3. The van der Waals surface area contributed by atoms with E-state index in [1.807, 2.05) is 5.32 Å². The van der Waals surface area contributed by atoms with Crippen LogP contribution in [0.5, 0.6) is 0 Å². The Balaban J connectivity index is 5.38. The van der Waals surface area contributed by atoms with Crippen molar-refractivity contribution in [3.63, 3.8) is 0 Å². The van der Waals surface area contributed by atoms with Crippen LogP contribution in [0.3, 0.4) is 0 Å². The fourth-order valence-electron chi connectivity index (χ4n) is 2.57. The number of aliphatic hydroxyl groups excluding tert-OH is 2. The maximum Gasteiger partial charge on any atom is 0.326 e. The Bertz CT molecular complexity index is 836. The third kappa shape index (κ3) is 12.0. The van der Waals surface area contributed by atoms with Crippen LogP contribution in [0, 0.1) is 0 Å². The van der Waals surface area contributed by atoms with Gasteiger partial charge in [-0.2, -0.15) is 0 Å². The first-order valence-electron chi connectivity index (χ1n) is 10.6. The van der Waals surface area contributed by atoms with Crippen LogP contribution in [0.1, 0.15) is 32.6 Å². The average Bonchev–Trinajstić information content (AvgIpc) is 2.80. The molecule has 0 aromatic heterocycles. The number of hydrogen-bond acceptors (Lipinski definition) is 10. The van der Waals surface area contributed by atoms with Crippen LogP contribution in [0.4, 0.5) is 0 Å². The van der Waals surface area contributed by atoms with Crippen LogP contribution >= 0.6 is 0 Å². The van der Waals surface area contributed by atoms with Crippen molar-refractivity contribution in [2.75, 3.05) is 13.2 Å². The van der Waals surface area contributed by atoms with E-state index in [1.54, 1.807) is 0 Å². The van der Waals surface area contributed by atoms with Gasteiger partial charge in [0.2, 0.25) is 23.6 Å². The molecule has 0 rings (SSSR count). The lowest BCUT2D eigenvalue weighted by molar-refractivity contribution is -0.144. The lowest BCUT2D eigenvalue weighted by Gasteiger charge is -2.24. The lowest BCUT2D eigenvalue weighted by atomic mass is 10.1. The quantitative estimate of drug-likeness (QED) is 0.0859. The molecule has 0 radical (unpaired) electrons. The minimum absolute atomic E-state index is 0.491. The summed E-state index contributed by atoms with van der Waals surface area (Å²) < 4.78 is 0. The third-order valence-corrected chi connectivity index (χ3v) is 4.64. The highest BCUT2D eigenvalue weighted by atomic mass is 16.4. The van der Waals surface area contributed by atoms with Crippen molar-refractivity contribution in [3.8, 4) is 0 Å². The Hall–Kier alpha value is -3.83. The largest absolute Gasteiger partial charge is 0.481 e. The standard InChI is InChI=1S/C19H31N5O12/c1-8(21-16(32)9(20)6-25)15(31)24-12(7-26)18(34)22-10(2-4-13(27)28)17(33)23-11(19(35)36)3-5-14(29)30/h8-12,25-26H,2-7,20H2,1H3,(H,21,32)(H,22,34)(H,23,33)(H,24,31)(H,27,28)(H,29,30)(H,35,36)/t8-,9-,10-,11-,12-/m0/s1. The summed E-state index contributed by atoms with van der Waals surface area (Å²) in [5, 5.41) is 53.5. The summed E-state index contributed by atoms with van der Waals surface area (Å²) in [6, 6.07) is -7.50. The number of aliphatic hydroxyl groups is 2. The number of nitrogens with two attached hydrogens (primary N) is 1. The normalized spacial score (nSPS) is 14.8. The molecule has 0 aliphatic rings. The molecule has 4 amide bonds. The SMILES string of the molecule is C[C@H](NC(=O)[C@@H](N)CO)C(=O)N[C@@H](CO)C(=O)N[C@@H](CCC(=O)O)C(=O)N[C@@H](CCC(=O)O)C(=O)O. The van der Waals surface area contributed by atoms with Crippen molar-refractivity contribution >= 4 is 41.5 Å². The monoisotopic (exact) mass is 521 g/mol. The van der Waals surface area contributed by atoms with E-state index in [9.17, 15) is 43.8 Å².